The van der Waals surface area contributed by atoms with Gasteiger partial charge in [-0.1, -0.05) is 18.2 Å². The molecule has 3 atom stereocenters. The van der Waals surface area contributed by atoms with Crippen molar-refractivity contribution >= 4 is 11.6 Å². The molecule has 102 valence electrons. The first kappa shape index (κ1) is 12.6. The summed E-state index contributed by atoms with van der Waals surface area (Å²) >= 11 is 0. The van der Waals surface area contributed by atoms with Gasteiger partial charge in [0.05, 0.1) is 18.6 Å². The Morgan fingerprint density at radius 2 is 2.21 bits per heavy atom. The zero-order chi connectivity index (χ0) is 13.4. The van der Waals surface area contributed by atoms with Gasteiger partial charge in [0.1, 0.15) is 0 Å². The van der Waals surface area contributed by atoms with E-state index in [1.807, 2.05) is 36.1 Å². The van der Waals surface area contributed by atoms with E-state index < -0.39 is 0 Å². The van der Waals surface area contributed by atoms with E-state index in [-0.39, 0.29) is 24.0 Å². The second-order valence-electron chi connectivity index (χ2n) is 5.52. The van der Waals surface area contributed by atoms with Crippen LogP contribution in [0, 0.1) is 5.92 Å². The highest BCUT2D eigenvalue weighted by Gasteiger charge is 2.34. The monoisotopic (exact) mass is 260 g/mol. The summed E-state index contributed by atoms with van der Waals surface area (Å²) in [5.74, 6) is 0.182. The number of carbonyl (C=O) groups is 1. The molecule has 0 aromatic heterocycles. The molecular formula is C15H20N2O2. The standard InChI is InChI=1S/C15H20N2O2/c1-10-8-11(9-19-10)15(18)17-7-6-13(16)12-4-2-3-5-14(12)17/h2-5,10-11,13H,6-9,16H2,1H3. The van der Waals surface area contributed by atoms with E-state index in [2.05, 4.69) is 0 Å². The fourth-order valence-electron chi connectivity index (χ4n) is 3.03. The summed E-state index contributed by atoms with van der Waals surface area (Å²) in [4.78, 5) is 14.5. The highest BCUT2D eigenvalue weighted by Crippen LogP contribution is 2.34. The lowest BCUT2D eigenvalue weighted by atomic mass is 9.95. The minimum Gasteiger partial charge on any atom is -0.378 e. The average molecular weight is 260 g/mol. The van der Waals surface area contributed by atoms with E-state index in [9.17, 15) is 4.79 Å². The number of anilines is 1. The number of nitrogens with zero attached hydrogens (tertiary/aromatic N) is 1. The van der Waals surface area contributed by atoms with Crippen LogP contribution in [-0.4, -0.2) is 25.2 Å². The smallest absolute Gasteiger partial charge is 0.232 e. The van der Waals surface area contributed by atoms with Crippen LogP contribution in [0.15, 0.2) is 24.3 Å². The van der Waals surface area contributed by atoms with Crippen LogP contribution in [0.25, 0.3) is 0 Å². The zero-order valence-corrected chi connectivity index (χ0v) is 11.2. The molecule has 2 heterocycles. The van der Waals surface area contributed by atoms with Crippen LogP contribution in [0.1, 0.15) is 31.4 Å². The first-order valence-electron chi connectivity index (χ1n) is 6.94. The number of hydrogen-bond donors (Lipinski definition) is 1. The minimum absolute atomic E-state index is 0.00243. The van der Waals surface area contributed by atoms with Gasteiger partial charge in [0.15, 0.2) is 0 Å². The summed E-state index contributed by atoms with van der Waals surface area (Å²) in [5.41, 5.74) is 8.18. The highest BCUT2D eigenvalue weighted by atomic mass is 16.5. The summed E-state index contributed by atoms with van der Waals surface area (Å²) < 4.78 is 5.51. The Kier molecular flexibility index (Phi) is 3.29. The molecule has 1 amide bonds. The maximum atomic E-state index is 12.6. The quantitative estimate of drug-likeness (QED) is 0.838. The van der Waals surface area contributed by atoms with Crippen molar-refractivity contribution in [2.24, 2.45) is 11.7 Å². The molecule has 4 heteroatoms. The largest absolute Gasteiger partial charge is 0.378 e. The third-order valence-electron chi connectivity index (χ3n) is 4.10. The second kappa shape index (κ2) is 4.94. The van der Waals surface area contributed by atoms with Gasteiger partial charge < -0.3 is 15.4 Å². The fraction of sp³-hybridized carbons (Fsp3) is 0.533. The Labute approximate surface area is 113 Å². The Morgan fingerprint density at radius 3 is 2.95 bits per heavy atom. The van der Waals surface area contributed by atoms with E-state index in [0.717, 1.165) is 24.1 Å². The number of para-hydroxylation sites is 1. The van der Waals surface area contributed by atoms with Gasteiger partial charge in [-0.05, 0) is 31.4 Å². The van der Waals surface area contributed by atoms with Crippen molar-refractivity contribution in [1.29, 1.82) is 0 Å². The van der Waals surface area contributed by atoms with E-state index in [1.165, 1.54) is 0 Å². The Hall–Kier alpha value is -1.39. The third-order valence-corrected chi connectivity index (χ3v) is 4.10. The van der Waals surface area contributed by atoms with Gasteiger partial charge in [0.2, 0.25) is 5.91 Å². The van der Waals surface area contributed by atoms with Crippen LogP contribution in [0.3, 0.4) is 0 Å². The highest BCUT2D eigenvalue weighted by molar-refractivity contribution is 5.96. The molecule has 0 saturated carbocycles. The molecule has 2 aliphatic rings. The molecule has 3 rings (SSSR count). The predicted molar refractivity (Wildman–Crippen MR) is 73.9 cm³/mol. The van der Waals surface area contributed by atoms with E-state index in [1.54, 1.807) is 0 Å². The number of ether oxygens (including phenoxy) is 1. The molecule has 2 aliphatic heterocycles. The topological polar surface area (TPSA) is 55.6 Å². The molecule has 0 spiro atoms. The molecule has 1 aromatic carbocycles. The maximum Gasteiger partial charge on any atom is 0.232 e. The van der Waals surface area contributed by atoms with E-state index in [0.29, 0.717) is 13.2 Å². The summed E-state index contributed by atoms with van der Waals surface area (Å²) in [6, 6.07) is 8.00. The van der Waals surface area contributed by atoms with Gasteiger partial charge in [-0.15, -0.1) is 0 Å². The predicted octanol–water partition coefficient (Wildman–Crippen LogP) is 1.85. The van der Waals surface area contributed by atoms with E-state index in [4.69, 9.17) is 10.5 Å². The molecule has 0 aliphatic carbocycles. The molecule has 4 nitrogen and oxygen atoms in total. The van der Waals surface area contributed by atoms with Crippen LogP contribution in [-0.2, 0) is 9.53 Å². The number of amides is 1. The molecule has 2 N–H and O–H groups in total. The molecular weight excluding hydrogens is 240 g/mol. The molecule has 0 radical (unpaired) electrons. The van der Waals surface area contributed by atoms with Crippen molar-refractivity contribution in [3.63, 3.8) is 0 Å². The number of rotatable bonds is 1. The van der Waals surface area contributed by atoms with Crippen LogP contribution in [0.2, 0.25) is 0 Å². The Morgan fingerprint density at radius 1 is 1.42 bits per heavy atom. The summed E-state index contributed by atoms with van der Waals surface area (Å²) in [5, 5.41) is 0. The number of hydrogen-bond acceptors (Lipinski definition) is 3. The van der Waals surface area contributed by atoms with Crippen molar-refractivity contribution < 1.29 is 9.53 Å². The fourth-order valence-corrected chi connectivity index (χ4v) is 3.03. The molecule has 1 fully saturated rings. The maximum absolute atomic E-state index is 12.6. The Balaban J connectivity index is 1.86. The molecule has 0 bridgehead atoms. The van der Waals surface area contributed by atoms with Crippen LogP contribution < -0.4 is 10.6 Å². The molecule has 3 unspecified atom stereocenters. The van der Waals surface area contributed by atoms with Crippen LogP contribution in [0.5, 0.6) is 0 Å². The van der Waals surface area contributed by atoms with Gasteiger partial charge in [-0.2, -0.15) is 0 Å². The summed E-state index contributed by atoms with van der Waals surface area (Å²) in [6.45, 7) is 3.28. The lowest BCUT2D eigenvalue weighted by Crippen LogP contribution is -2.42. The van der Waals surface area contributed by atoms with Crippen LogP contribution in [0.4, 0.5) is 5.69 Å². The second-order valence-corrected chi connectivity index (χ2v) is 5.52. The number of benzene rings is 1. The number of nitrogens with two attached hydrogens (primary N) is 1. The average Bonchev–Trinajstić information content (AvgIpc) is 2.86. The van der Waals surface area contributed by atoms with Crippen molar-refractivity contribution in [2.75, 3.05) is 18.1 Å². The molecule has 1 aromatic rings. The van der Waals surface area contributed by atoms with E-state index >= 15 is 0 Å². The van der Waals surface area contributed by atoms with Gasteiger partial charge in [0.25, 0.3) is 0 Å². The summed E-state index contributed by atoms with van der Waals surface area (Å²) in [7, 11) is 0. The van der Waals surface area contributed by atoms with Gasteiger partial charge in [-0.3, -0.25) is 4.79 Å². The van der Waals surface area contributed by atoms with Gasteiger partial charge in [0, 0.05) is 18.3 Å². The van der Waals surface area contributed by atoms with Crippen molar-refractivity contribution in [2.45, 2.75) is 31.9 Å². The van der Waals surface area contributed by atoms with Crippen molar-refractivity contribution in [3.8, 4) is 0 Å². The lowest BCUT2D eigenvalue weighted by molar-refractivity contribution is -0.122. The number of fused-ring (bicyclic) bond motifs is 1. The molecule has 19 heavy (non-hydrogen) atoms. The van der Waals surface area contributed by atoms with Crippen molar-refractivity contribution in [1.82, 2.24) is 0 Å². The first-order chi connectivity index (χ1) is 9.16. The normalized spacial score (nSPS) is 30.2. The minimum atomic E-state index is -0.00243. The van der Waals surface area contributed by atoms with Crippen LogP contribution >= 0.6 is 0 Å². The van der Waals surface area contributed by atoms with Gasteiger partial charge in [-0.25, -0.2) is 0 Å². The first-order valence-corrected chi connectivity index (χ1v) is 6.94. The molecule has 1 saturated heterocycles. The number of carbonyl (C=O) groups excluding carboxylic acids is 1. The lowest BCUT2D eigenvalue weighted by Gasteiger charge is -2.34. The summed E-state index contributed by atoms with van der Waals surface area (Å²) in [6.07, 6.45) is 1.84. The zero-order valence-electron chi connectivity index (χ0n) is 11.2. The van der Waals surface area contributed by atoms with Gasteiger partial charge >= 0.3 is 0 Å². The Bertz CT molecular complexity index is 489. The van der Waals surface area contributed by atoms with Crippen molar-refractivity contribution in [3.05, 3.63) is 29.8 Å². The third kappa shape index (κ3) is 2.26. The SMILES string of the molecule is CC1CC(C(=O)N2CCC(N)c3ccccc32)CO1.